The number of carbonyl (C=O) groups is 1. The third-order valence-corrected chi connectivity index (χ3v) is 7.11. The second-order valence-electron chi connectivity index (χ2n) is 8.75. The number of hydrogen-bond acceptors (Lipinski definition) is 8. The van der Waals surface area contributed by atoms with Crippen molar-refractivity contribution < 1.29 is 19.0 Å². The van der Waals surface area contributed by atoms with Gasteiger partial charge in [-0.15, -0.1) is 0 Å². The second kappa shape index (κ2) is 10.8. The summed E-state index contributed by atoms with van der Waals surface area (Å²) in [6.45, 7) is 5.87. The molecule has 0 fully saturated rings. The van der Waals surface area contributed by atoms with Gasteiger partial charge in [-0.3, -0.25) is 9.36 Å². The van der Waals surface area contributed by atoms with E-state index in [9.17, 15) is 9.59 Å². The third-order valence-electron chi connectivity index (χ3n) is 6.12. The van der Waals surface area contributed by atoms with Crippen LogP contribution in [0, 0.1) is 11.3 Å². The molecule has 0 aliphatic carbocycles. The van der Waals surface area contributed by atoms with Crippen molar-refractivity contribution in [2.24, 2.45) is 4.99 Å². The average molecular weight is 518 g/mol. The van der Waals surface area contributed by atoms with Gasteiger partial charge in [0, 0.05) is 0 Å². The minimum atomic E-state index is -0.664. The van der Waals surface area contributed by atoms with Crippen LogP contribution in [0.2, 0.25) is 0 Å². The summed E-state index contributed by atoms with van der Waals surface area (Å²) in [5.41, 5.74) is 3.25. The van der Waals surface area contributed by atoms with E-state index in [0.29, 0.717) is 43.6 Å². The van der Waals surface area contributed by atoms with Crippen LogP contribution in [0.15, 0.2) is 63.5 Å². The molecule has 0 radical (unpaired) electrons. The molecule has 2 aromatic carbocycles. The number of benzene rings is 2. The van der Waals surface area contributed by atoms with E-state index in [1.54, 1.807) is 35.8 Å². The first-order valence-electron chi connectivity index (χ1n) is 11.7. The summed E-state index contributed by atoms with van der Waals surface area (Å²) >= 11 is 1.25. The van der Waals surface area contributed by atoms with Crippen molar-refractivity contribution >= 4 is 23.4 Å². The lowest BCUT2D eigenvalue weighted by Crippen LogP contribution is -2.39. The molecule has 0 bridgehead atoms. The smallest absolute Gasteiger partial charge is 0.338 e. The maximum absolute atomic E-state index is 13.7. The first-order valence-corrected chi connectivity index (χ1v) is 12.5. The van der Waals surface area contributed by atoms with Crippen molar-refractivity contribution in [2.75, 3.05) is 20.8 Å². The largest absolute Gasteiger partial charge is 0.493 e. The van der Waals surface area contributed by atoms with Crippen LogP contribution >= 0.6 is 11.3 Å². The maximum Gasteiger partial charge on any atom is 0.338 e. The van der Waals surface area contributed by atoms with E-state index in [1.807, 2.05) is 30.3 Å². The predicted molar refractivity (Wildman–Crippen MR) is 140 cm³/mol. The van der Waals surface area contributed by atoms with Crippen molar-refractivity contribution in [1.82, 2.24) is 4.57 Å². The van der Waals surface area contributed by atoms with E-state index < -0.39 is 12.0 Å². The quantitative estimate of drug-likeness (QED) is 0.445. The van der Waals surface area contributed by atoms with Gasteiger partial charge in [-0.1, -0.05) is 55.5 Å². The fourth-order valence-corrected chi connectivity index (χ4v) is 5.27. The first-order chi connectivity index (χ1) is 17.8. The molecule has 0 amide bonds. The van der Waals surface area contributed by atoms with Crippen LogP contribution in [0.3, 0.4) is 0 Å². The number of nitrogens with zero attached hydrogens (tertiary/aromatic N) is 3. The number of allylic oxidation sites excluding steroid dienone is 1. The van der Waals surface area contributed by atoms with Gasteiger partial charge in [0.2, 0.25) is 0 Å². The van der Waals surface area contributed by atoms with E-state index >= 15 is 0 Å². The van der Waals surface area contributed by atoms with E-state index in [0.717, 1.165) is 11.1 Å². The minimum Gasteiger partial charge on any atom is -0.493 e. The topological polar surface area (TPSA) is 103 Å². The lowest BCUT2D eigenvalue weighted by atomic mass is 9.93. The van der Waals surface area contributed by atoms with Gasteiger partial charge in [0.05, 0.1) is 36.1 Å². The molecule has 0 spiro atoms. The minimum absolute atomic E-state index is 0.103. The highest BCUT2D eigenvalue weighted by Gasteiger charge is 2.33. The summed E-state index contributed by atoms with van der Waals surface area (Å²) in [6.07, 6.45) is 1.75. The van der Waals surface area contributed by atoms with Gasteiger partial charge in [0.1, 0.15) is 6.07 Å². The van der Waals surface area contributed by atoms with Gasteiger partial charge >= 0.3 is 5.97 Å². The molecule has 1 aliphatic heterocycles. The number of methoxy groups -OCH3 is 2. The molecule has 190 valence electrons. The zero-order valence-corrected chi connectivity index (χ0v) is 22.1. The molecule has 0 unspecified atom stereocenters. The molecule has 0 saturated carbocycles. The monoisotopic (exact) mass is 517 g/mol. The van der Waals surface area contributed by atoms with Crippen LogP contribution in [-0.4, -0.2) is 31.4 Å². The van der Waals surface area contributed by atoms with Crippen LogP contribution in [-0.2, 0) is 9.53 Å². The Kier molecular flexibility index (Phi) is 7.60. The Morgan fingerprint density at radius 2 is 1.92 bits per heavy atom. The van der Waals surface area contributed by atoms with Gasteiger partial charge in [-0.25, -0.2) is 9.79 Å². The molecule has 0 N–H and O–H groups in total. The van der Waals surface area contributed by atoms with E-state index in [1.165, 1.54) is 25.6 Å². The zero-order chi connectivity index (χ0) is 26.7. The van der Waals surface area contributed by atoms with Crippen molar-refractivity contribution in [3.8, 4) is 17.6 Å². The summed E-state index contributed by atoms with van der Waals surface area (Å²) in [6, 6.07) is 14.4. The molecule has 3 aromatic rings. The second-order valence-corrected chi connectivity index (χ2v) is 9.76. The number of fused-ring (bicyclic) bond motifs is 1. The van der Waals surface area contributed by atoms with Gasteiger partial charge < -0.3 is 14.2 Å². The number of nitriles is 1. The standard InChI is InChI=1S/C28H27N3O5S/c1-16(2)19-7-9-20(10-8-19)25-24(27(33)35-5)17(3)30-28-31(25)26(32)23(37-28)15-18-6-11-21(36-13-12-29)22(14-18)34-4/h6-11,14-16,25H,13H2,1-5H3/b23-15-/t25-/m0/s1. The molecule has 37 heavy (non-hydrogen) atoms. The fraction of sp³-hybridized carbons (Fsp3) is 0.286. The van der Waals surface area contributed by atoms with Crippen LogP contribution in [0.25, 0.3) is 6.08 Å². The SMILES string of the molecule is COC(=O)C1=C(C)N=c2s/c(=C\c3ccc(OCC#N)c(OC)c3)c(=O)n2[C@H]1c1ccc(C(C)C)cc1. The van der Waals surface area contributed by atoms with Crippen LogP contribution in [0.1, 0.15) is 49.4 Å². The summed E-state index contributed by atoms with van der Waals surface area (Å²) < 4.78 is 17.9. The molecule has 2 heterocycles. The molecule has 1 aliphatic rings. The average Bonchev–Trinajstić information content (AvgIpc) is 3.20. The van der Waals surface area contributed by atoms with Crippen LogP contribution in [0.5, 0.6) is 11.5 Å². The van der Waals surface area contributed by atoms with E-state index in [-0.39, 0.29) is 12.2 Å². The van der Waals surface area contributed by atoms with Crippen molar-refractivity contribution in [3.63, 3.8) is 0 Å². The zero-order valence-electron chi connectivity index (χ0n) is 21.3. The molecule has 1 aromatic heterocycles. The molecule has 0 saturated heterocycles. The fourth-order valence-electron chi connectivity index (χ4n) is 4.23. The Morgan fingerprint density at radius 3 is 2.54 bits per heavy atom. The maximum atomic E-state index is 13.7. The Morgan fingerprint density at radius 1 is 1.19 bits per heavy atom. The first kappa shape index (κ1) is 25.9. The molecule has 9 heteroatoms. The number of carbonyl (C=O) groups excluding carboxylic acids is 1. The molecular weight excluding hydrogens is 490 g/mol. The highest BCUT2D eigenvalue weighted by atomic mass is 32.1. The summed E-state index contributed by atoms with van der Waals surface area (Å²) in [5.74, 6) is 0.711. The Labute approximate surface area is 218 Å². The lowest BCUT2D eigenvalue weighted by Gasteiger charge is -2.24. The molecule has 4 rings (SSSR count). The summed E-state index contributed by atoms with van der Waals surface area (Å²) in [7, 11) is 2.83. The predicted octanol–water partition coefficient (Wildman–Crippen LogP) is 3.44. The normalized spacial score (nSPS) is 15.2. The Balaban J connectivity index is 1.87. The molecule has 8 nitrogen and oxygen atoms in total. The Bertz CT molecular complexity index is 1590. The number of ether oxygens (including phenoxy) is 3. The summed E-state index contributed by atoms with van der Waals surface area (Å²) in [4.78, 5) is 31.6. The van der Waals surface area contributed by atoms with Crippen LogP contribution in [0.4, 0.5) is 0 Å². The Hall–Kier alpha value is -4.16. The van der Waals surface area contributed by atoms with Gasteiger partial charge in [0.25, 0.3) is 5.56 Å². The highest BCUT2D eigenvalue weighted by Crippen LogP contribution is 2.32. The highest BCUT2D eigenvalue weighted by molar-refractivity contribution is 7.07. The molecule has 1 atom stereocenters. The number of thiazole rings is 1. The van der Waals surface area contributed by atoms with E-state index in [4.69, 9.17) is 19.5 Å². The van der Waals surface area contributed by atoms with E-state index in [2.05, 4.69) is 18.8 Å². The number of esters is 1. The number of rotatable bonds is 7. The van der Waals surface area contributed by atoms with Gasteiger partial charge in [-0.05, 0) is 47.7 Å². The van der Waals surface area contributed by atoms with Gasteiger partial charge in [0.15, 0.2) is 22.9 Å². The number of hydrogen-bond donors (Lipinski definition) is 0. The van der Waals surface area contributed by atoms with Crippen molar-refractivity contribution in [2.45, 2.75) is 32.7 Å². The van der Waals surface area contributed by atoms with Crippen LogP contribution < -0.4 is 24.4 Å². The van der Waals surface area contributed by atoms with Gasteiger partial charge in [-0.2, -0.15) is 5.26 Å². The number of aromatic nitrogens is 1. The molecular formula is C28H27N3O5S. The van der Waals surface area contributed by atoms with Crippen molar-refractivity contribution in [3.05, 3.63) is 90.1 Å². The van der Waals surface area contributed by atoms with Crippen molar-refractivity contribution in [1.29, 1.82) is 5.26 Å². The lowest BCUT2D eigenvalue weighted by molar-refractivity contribution is -0.136. The third kappa shape index (κ3) is 5.06. The summed E-state index contributed by atoms with van der Waals surface area (Å²) in [5, 5.41) is 8.78.